The molecule has 3 heteroatoms. The van der Waals surface area contributed by atoms with E-state index >= 15 is 0 Å². The Morgan fingerprint density at radius 3 is 2.33 bits per heavy atom. The second kappa shape index (κ2) is 7.81. The first kappa shape index (κ1) is 15.5. The minimum atomic E-state index is -0.505. The van der Waals surface area contributed by atoms with Gasteiger partial charge in [0.2, 0.25) is 0 Å². The summed E-state index contributed by atoms with van der Waals surface area (Å²) in [6.45, 7) is 2.67. The van der Waals surface area contributed by atoms with E-state index in [1.807, 2.05) is 42.5 Å². The fourth-order valence-electron chi connectivity index (χ4n) is 2.30. The molecular formula is C18H23NO2. The molecule has 2 N–H and O–H groups in total. The van der Waals surface area contributed by atoms with E-state index in [0.717, 1.165) is 17.7 Å². The van der Waals surface area contributed by atoms with Crippen LogP contribution in [-0.4, -0.2) is 24.8 Å². The third-order valence-electron chi connectivity index (χ3n) is 3.54. The van der Waals surface area contributed by atoms with Gasteiger partial charge in [-0.15, -0.1) is 0 Å². The molecule has 0 aromatic heterocycles. The summed E-state index contributed by atoms with van der Waals surface area (Å²) in [6.07, 6.45) is 0.449. The predicted molar refractivity (Wildman–Crippen MR) is 85.6 cm³/mol. The molecule has 0 saturated heterocycles. The molecule has 21 heavy (non-hydrogen) atoms. The highest BCUT2D eigenvalue weighted by Gasteiger charge is 2.10. The van der Waals surface area contributed by atoms with E-state index in [4.69, 9.17) is 4.74 Å². The van der Waals surface area contributed by atoms with E-state index < -0.39 is 6.10 Å². The minimum Gasteiger partial charge on any atom is -0.497 e. The van der Waals surface area contributed by atoms with Crippen molar-refractivity contribution in [3.05, 3.63) is 65.7 Å². The SMILES string of the molecule is COc1ccc([C@@H](O)CN[C@@H](C)Cc2ccccc2)cc1. The normalized spacial score (nSPS) is 13.7. The summed E-state index contributed by atoms with van der Waals surface area (Å²) in [5, 5.41) is 13.6. The van der Waals surface area contributed by atoms with Gasteiger partial charge in [0, 0.05) is 12.6 Å². The van der Waals surface area contributed by atoms with Crippen molar-refractivity contribution in [1.29, 1.82) is 0 Å². The van der Waals surface area contributed by atoms with Gasteiger partial charge in [0.1, 0.15) is 5.75 Å². The summed E-state index contributed by atoms with van der Waals surface area (Å²) >= 11 is 0. The third kappa shape index (κ3) is 4.88. The van der Waals surface area contributed by atoms with Crippen LogP contribution >= 0.6 is 0 Å². The lowest BCUT2D eigenvalue weighted by atomic mass is 10.1. The number of methoxy groups -OCH3 is 1. The number of aliphatic hydroxyl groups excluding tert-OH is 1. The Hall–Kier alpha value is -1.84. The standard InChI is InChI=1S/C18H23NO2/c1-14(12-15-6-4-3-5-7-15)19-13-18(20)16-8-10-17(21-2)11-9-16/h3-11,14,18-20H,12-13H2,1-2H3/t14-,18-/m0/s1. The predicted octanol–water partition coefficient (Wildman–Crippen LogP) is 2.95. The Balaban J connectivity index is 1.81. The van der Waals surface area contributed by atoms with Crippen LogP contribution in [0.1, 0.15) is 24.2 Å². The van der Waals surface area contributed by atoms with Crippen LogP contribution < -0.4 is 10.1 Å². The number of hydrogen-bond donors (Lipinski definition) is 2. The molecular weight excluding hydrogens is 262 g/mol. The number of hydrogen-bond acceptors (Lipinski definition) is 3. The zero-order valence-electron chi connectivity index (χ0n) is 12.6. The molecule has 0 aliphatic rings. The smallest absolute Gasteiger partial charge is 0.118 e. The lowest BCUT2D eigenvalue weighted by Gasteiger charge is -2.17. The maximum atomic E-state index is 10.2. The molecule has 2 atom stereocenters. The molecule has 0 bridgehead atoms. The lowest BCUT2D eigenvalue weighted by Crippen LogP contribution is -2.32. The van der Waals surface area contributed by atoms with Crippen LogP contribution in [0, 0.1) is 0 Å². The van der Waals surface area contributed by atoms with Crippen LogP contribution in [0.15, 0.2) is 54.6 Å². The average Bonchev–Trinajstić information content (AvgIpc) is 2.53. The van der Waals surface area contributed by atoms with Crippen molar-refractivity contribution in [2.24, 2.45) is 0 Å². The molecule has 0 aliphatic carbocycles. The topological polar surface area (TPSA) is 41.5 Å². The quantitative estimate of drug-likeness (QED) is 0.822. The van der Waals surface area contributed by atoms with E-state index in [-0.39, 0.29) is 0 Å². The Morgan fingerprint density at radius 1 is 1.05 bits per heavy atom. The van der Waals surface area contributed by atoms with Gasteiger partial charge in [-0.05, 0) is 36.6 Å². The van der Waals surface area contributed by atoms with E-state index in [2.05, 4.69) is 24.4 Å². The van der Waals surface area contributed by atoms with E-state index in [9.17, 15) is 5.11 Å². The molecule has 0 saturated carbocycles. The molecule has 112 valence electrons. The van der Waals surface area contributed by atoms with Gasteiger partial charge in [0.15, 0.2) is 0 Å². The zero-order valence-corrected chi connectivity index (χ0v) is 12.6. The number of ether oxygens (including phenoxy) is 1. The molecule has 0 unspecified atom stereocenters. The van der Waals surface area contributed by atoms with Crippen LogP contribution in [-0.2, 0) is 6.42 Å². The fourth-order valence-corrected chi connectivity index (χ4v) is 2.30. The average molecular weight is 285 g/mol. The van der Waals surface area contributed by atoms with Gasteiger partial charge in [-0.2, -0.15) is 0 Å². The molecule has 2 aromatic rings. The van der Waals surface area contributed by atoms with Gasteiger partial charge in [0.25, 0.3) is 0 Å². The summed E-state index contributed by atoms with van der Waals surface area (Å²) in [6, 6.07) is 18.2. The van der Waals surface area contributed by atoms with E-state index in [1.165, 1.54) is 5.56 Å². The third-order valence-corrected chi connectivity index (χ3v) is 3.54. The highest BCUT2D eigenvalue weighted by atomic mass is 16.5. The van der Waals surface area contributed by atoms with Gasteiger partial charge < -0.3 is 15.2 Å². The molecule has 0 heterocycles. The van der Waals surface area contributed by atoms with Crippen molar-refractivity contribution in [2.75, 3.05) is 13.7 Å². The second-order valence-corrected chi connectivity index (χ2v) is 5.29. The largest absolute Gasteiger partial charge is 0.497 e. The monoisotopic (exact) mass is 285 g/mol. The fraction of sp³-hybridized carbons (Fsp3) is 0.333. The Kier molecular flexibility index (Phi) is 5.78. The minimum absolute atomic E-state index is 0.320. The molecule has 0 fully saturated rings. The van der Waals surface area contributed by atoms with Crippen LogP contribution in [0.5, 0.6) is 5.75 Å². The van der Waals surface area contributed by atoms with Crippen molar-refractivity contribution in [1.82, 2.24) is 5.32 Å². The first-order valence-electron chi connectivity index (χ1n) is 7.28. The van der Waals surface area contributed by atoms with Crippen molar-refractivity contribution in [3.8, 4) is 5.75 Å². The van der Waals surface area contributed by atoms with Crippen molar-refractivity contribution in [3.63, 3.8) is 0 Å². The van der Waals surface area contributed by atoms with E-state index in [1.54, 1.807) is 7.11 Å². The molecule has 2 aromatic carbocycles. The first-order valence-corrected chi connectivity index (χ1v) is 7.28. The Bertz CT molecular complexity index is 525. The molecule has 0 spiro atoms. The molecule has 0 aliphatic heterocycles. The molecule has 3 nitrogen and oxygen atoms in total. The lowest BCUT2D eigenvalue weighted by molar-refractivity contribution is 0.170. The van der Waals surface area contributed by atoms with Crippen LogP contribution in [0.25, 0.3) is 0 Å². The number of aliphatic hydroxyl groups is 1. The van der Waals surface area contributed by atoms with Gasteiger partial charge in [-0.1, -0.05) is 42.5 Å². The Labute approximate surface area is 126 Å². The van der Waals surface area contributed by atoms with Gasteiger partial charge in [0.05, 0.1) is 13.2 Å². The van der Waals surface area contributed by atoms with Crippen LogP contribution in [0.2, 0.25) is 0 Å². The summed E-state index contributed by atoms with van der Waals surface area (Å²) in [4.78, 5) is 0. The van der Waals surface area contributed by atoms with Gasteiger partial charge >= 0.3 is 0 Å². The molecule has 0 radical (unpaired) electrons. The maximum absolute atomic E-state index is 10.2. The van der Waals surface area contributed by atoms with Crippen LogP contribution in [0.4, 0.5) is 0 Å². The van der Waals surface area contributed by atoms with Gasteiger partial charge in [-0.3, -0.25) is 0 Å². The number of rotatable bonds is 7. The summed E-state index contributed by atoms with van der Waals surface area (Å²) in [5.74, 6) is 0.802. The summed E-state index contributed by atoms with van der Waals surface area (Å²) in [7, 11) is 1.64. The first-order chi connectivity index (χ1) is 10.2. The number of benzene rings is 2. The maximum Gasteiger partial charge on any atom is 0.118 e. The van der Waals surface area contributed by atoms with Crippen molar-refractivity contribution >= 4 is 0 Å². The summed E-state index contributed by atoms with van der Waals surface area (Å²) < 4.78 is 5.12. The van der Waals surface area contributed by atoms with E-state index in [0.29, 0.717) is 12.6 Å². The summed E-state index contributed by atoms with van der Waals surface area (Å²) in [5.41, 5.74) is 2.20. The zero-order chi connectivity index (χ0) is 15.1. The van der Waals surface area contributed by atoms with Crippen molar-refractivity contribution < 1.29 is 9.84 Å². The highest BCUT2D eigenvalue weighted by molar-refractivity contribution is 5.28. The number of nitrogens with one attached hydrogen (secondary N) is 1. The Morgan fingerprint density at radius 2 is 1.71 bits per heavy atom. The van der Waals surface area contributed by atoms with Crippen LogP contribution in [0.3, 0.4) is 0 Å². The molecule has 0 amide bonds. The van der Waals surface area contributed by atoms with Crippen molar-refractivity contribution in [2.45, 2.75) is 25.5 Å². The molecule has 2 rings (SSSR count). The van der Waals surface area contributed by atoms with Gasteiger partial charge in [-0.25, -0.2) is 0 Å². The second-order valence-electron chi connectivity index (χ2n) is 5.29. The highest BCUT2D eigenvalue weighted by Crippen LogP contribution is 2.17.